The van der Waals surface area contributed by atoms with Crippen LogP contribution in [0.1, 0.15) is 0 Å². The van der Waals surface area contributed by atoms with Gasteiger partial charge in [0.2, 0.25) is 0 Å². The van der Waals surface area contributed by atoms with E-state index in [0.29, 0.717) is 0 Å². The van der Waals surface area contributed by atoms with Gasteiger partial charge >= 0.3 is 0 Å². The summed E-state index contributed by atoms with van der Waals surface area (Å²) in [6, 6.07) is 0. The van der Waals surface area contributed by atoms with Gasteiger partial charge in [0.15, 0.2) is 6.29 Å². The maximum absolute atomic E-state index is 10.7. The van der Waals surface area contributed by atoms with Crippen molar-refractivity contribution in [2.45, 2.75) is 30.4 Å². The third-order valence-corrected chi connectivity index (χ3v) is 2.02. The third kappa shape index (κ3) is 1.47. The summed E-state index contributed by atoms with van der Waals surface area (Å²) in [4.78, 5) is 10.7. The zero-order valence-electron chi connectivity index (χ0n) is 6.94. The van der Waals surface area contributed by atoms with Crippen LogP contribution in [-0.4, -0.2) is 61.8 Å². The van der Waals surface area contributed by atoms with E-state index in [1.165, 1.54) is 0 Å². The van der Waals surface area contributed by atoms with Crippen molar-refractivity contribution in [3.05, 3.63) is 0 Å². The fraction of sp³-hybridized carbons (Fsp3) is 0.833. The molecular formula is C6H11NO7. The lowest BCUT2D eigenvalue weighted by atomic mass is 9.95. The van der Waals surface area contributed by atoms with Crippen LogP contribution in [0.25, 0.3) is 0 Å². The van der Waals surface area contributed by atoms with Crippen LogP contribution in [0.5, 0.6) is 0 Å². The van der Waals surface area contributed by atoms with Crippen molar-refractivity contribution < 1.29 is 35.1 Å². The monoisotopic (exact) mass is 209 g/mol. The van der Waals surface area contributed by atoms with Crippen LogP contribution in [0, 0.1) is 0 Å². The summed E-state index contributed by atoms with van der Waals surface area (Å²) in [6.45, 7) is 0. The van der Waals surface area contributed by atoms with Gasteiger partial charge in [-0.3, -0.25) is 4.79 Å². The molecule has 0 aromatic carbocycles. The zero-order valence-corrected chi connectivity index (χ0v) is 6.94. The molecule has 5 atom stereocenters. The van der Waals surface area contributed by atoms with Crippen molar-refractivity contribution in [2.24, 2.45) is 5.73 Å². The molecule has 8 heteroatoms. The first-order valence-electron chi connectivity index (χ1n) is 3.73. The van der Waals surface area contributed by atoms with Gasteiger partial charge in [0.1, 0.15) is 18.3 Å². The average molecular weight is 209 g/mol. The highest BCUT2D eigenvalue weighted by molar-refractivity contribution is 5.82. The van der Waals surface area contributed by atoms with Crippen LogP contribution in [-0.2, 0) is 9.53 Å². The Hall–Kier alpha value is -0.770. The number of primary amides is 1. The Morgan fingerprint density at radius 3 is 2.14 bits per heavy atom. The molecule has 0 aliphatic carbocycles. The molecule has 1 aliphatic rings. The molecule has 1 amide bonds. The molecule has 1 saturated heterocycles. The average Bonchev–Trinajstić information content (AvgIpc) is 2.11. The Morgan fingerprint density at radius 2 is 1.71 bits per heavy atom. The van der Waals surface area contributed by atoms with Crippen LogP contribution in [0.2, 0.25) is 0 Å². The van der Waals surface area contributed by atoms with E-state index in [4.69, 9.17) is 20.4 Å². The van der Waals surface area contributed by atoms with Crippen molar-refractivity contribution in [3.8, 4) is 0 Å². The predicted molar refractivity (Wildman–Crippen MR) is 39.3 cm³/mol. The number of nitrogens with two attached hydrogens (primary N) is 1. The first-order chi connectivity index (χ1) is 6.30. The topological polar surface area (TPSA) is 153 Å². The van der Waals surface area contributed by atoms with E-state index < -0.39 is 36.3 Å². The van der Waals surface area contributed by atoms with Crippen molar-refractivity contribution in [3.63, 3.8) is 0 Å². The Morgan fingerprint density at radius 1 is 1.21 bits per heavy atom. The second-order valence-electron chi connectivity index (χ2n) is 3.00. The highest BCUT2D eigenvalue weighted by Gasteiger charge is 2.56. The van der Waals surface area contributed by atoms with E-state index >= 15 is 0 Å². The lowest BCUT2D eigenvalue weighted by Crippen LogP contribution is -2.68. The van der Waals surface area contributed by atoms with Gasteiger partial charge in [-0.25, -0.2) is 0 Å². The molecule has 1 rings (SSSR count). The van der Waals surface area contributed by atoms with Crippen molar-refractivity contribution in [1.29, 1.82) is 0 Å². The fourth-order valence-electron chi connectivity index (χ4n) is 1.11. The number of amides is 1. The van der Waals surface area contributed by atoms with Crippen LogP contribution >= 0.6 is 0 Å². The predicted octanol–water partition coefficient (Wildman–Crippen LogP) is -4.41. The summed E-state index contributed by atoms with van der Waals surface area (Å²) >= 11 is 0. The number of hydrogen-bond donors (Lipinski definition) is 6. The molecule has 0 aromatic rings. The van der Waals surface area contributed by atoms with E-state index in [1.807, 2.05) is 0 Å². The SMILES string of the molecule is NC(=O)[C@]1(O)O[C@H](O)[C@H](O)[C@@H](O)[C@H]1O. The Bertz CT molecular complexity index is 246. The van der Waals surface area contributed by atoms with Crippen molar-refractivity contribution in [2.75, 3.05) is 0 Å². The van der Waals surface area contributed by atoms with E-state index in [9.17, 15) is 9.90 Å². The fourth-order valence-corrected chi connectivity index (χ4v) is 1.11. The highest BCUT2D eigenvalue weighted by atomic mass is 16.7. The molecule has 14 heavy (non-hydrogen) atoms. The van der Waals surface area contributed by atoms with Gasteiger partial charge in [-0.15, -0.1) is 0 Å². The van der Waals surface area contributed by atoms with Crippen LogP contribution in [0.15, 0.2) is 0 Å². The molecule has 0 spiro atoms. The summed E-state index contributed by atoms with van der Waals surface area (Å²) in [5, 5.41) is 45.5. The van der Waals surface area contributed by atoms with Gasteiger partial charge in [-0.1, -0.05) is 0 Å². The molecular weight excluding hydrogens is 198 g/mol. The van der Waals surface area contributed by atoms with Gasteiger partial charge in [-0.2, -0.15) is 0 Å². The van der Waals surface area contributed by atoms with Gasteiger partial charge in [0, 0.05) is 0 Å². The Kier molecular flexibility index (Phi) is 2.76. The maximum atomic E-state index is 10.7. The molecule has 0 unspecified atom stereocenters. The highest BCUT2D eigenvalue weighted by Crippen LogP contribution is 2.26. The minimum absolute atomic E-state index is 1.48. The normalized spacial score (nSPS) is 48.9. The lowest BCUT2D eigenvalue weighted by molar-refractivity contribution is -0.365. The van der Waals surface area contributed by atoms with E-state index in [-0.39, 0.29) is 0 Å². The van der Waals surface area contributed by atoms with Crippen LogP contribution in [0.3, 0.4) is 0 Å². The number of aliphatic hydroxyl groups is 5. The second kappa shape index (κ2) is 3.42. The molecule has 82 valence electrons. The Balaban J connectivity index is 2.96. The molecule has 0 aromatic heterocycles. The number of ether oxygens (including phenoxy) is 1. The largest absolute Gasteiger partial charge is 0.387 e. The van der Waals surface area contributed by atoms with E-state index in [1.54, 1.807) is 0 Å². The van der Waals surface area contributed by atoms with Gasteiger partial charge in [0.05, 0.1) is 0 Å². The quantitative estimate of drug-likeness (QED) is 0.255. The molecule has 1 aliphatic heterocycles. The maximum Gasteiger partial charge on any atom is 0.280 e. The van der Waals surface area contributed by atoms with Crippen LogP contribution in [0.4, 0.5) is 0 Å². The van der Waals surface area contributed by atoms with E-state index in [2.05, 4.69) is 10.5 Å². The molecule has 0 radical (unpaired) electrons. The van der Waals surface area contributed by atoms with Gasteiger partial charge in [0.25, 0.3) is 11.7 Å². The summed E-state index contributed by atoms with van der Waals surface area (Å²) in [6.07, 6.45) is -7.90. The van der Waals surface area contributed by atoms with Crippen LogP contribution < -0.4 is 5.73 Å². The molecule has 0 saturated carbocycles. The smallest absolute Gasteiger partial charge is 0.280 e. The number of aliphatic hydroxyl groups excluding tert-OH is 4. The van der Waals surface area contributed by atoms with Crippen molar-refractivity contribution in [1.82, 2.24) is 0 Å². The third-order valence-electron chi connectivity index (χ3n) is 2.02. The molecule has 7 N–H and O–H groups in total. The second-order valence-corrected chi connectivity index (χ2v) is 3.00. The Labute approximate surface area is 78.1 Å². The number of carbonyl (C=O) groups is 1. The summed E-state index contributed by atoms with van der Waals surface area (Å²) < 4.78 is 4.21. The first kappa shape index (κ1) is 11.3. The number of hydrogen-bond acceptors (Lipinski definition) is 7. The summed E-state index contributed by atoms with van der Waals surface area (Å²) in [5.41, 5.74) is 4.68. The minimum atomic E-state index is -2.90. The van der Waals surface area contributed by atoms with E-state index in [0.717, 1.165) is 0 Å². The molecule has 8 nitrogen and oxygen atoms in total. The molecule has 1 heterocycles. The summed E-state index contributed by atoms with van der Waals surface area (Å²) in [5.74, 6) is -4.38. The zero-order chi connectivity index (χ0) is 11.1. The number of rotatable bonds is 1. The molecule has 1 fully saturated rings. The number of carbonyl (C=O) groups excluding carboxylic acids is 1. The molecule has 0 bridgehead atoms. The van der Waals surface area contributed by atoms with Crippen molar-refractivity contribution >= 4 is 5.91 Å². The minimum Gasteiger partial charge on any atom is -0.387 e. The summed E-state index contributed by atoms with van der Waals surface area (Å²) in [7, 11) is 0. The standard InChI is InChI=1S/C6H11NO7/c7-5(12)6(13)3(10)1(8)2(9)4(11)14-6/h1-4,8-11,13H,(H2,7,12)/t1-,2-,3-,4+,6-/m1/s1. The van der Waals surface area contributed by atoms with Gasteiger partial charge < -0.3 is 36.0 Å². The van der Waals surface area contributed by atoms with Gasteiger partial charge in [-0.05, 0) is 0 Å². The first-order valence-corrected chi connectivity index (χ1v) is 3.73. The lowest BCUT2D eigenvalue weighted by Gasteiger charge is -2.41.